The molecule has 3 heteroatoms. The van der Waals surface area contributed by atoms with E-state index in [2.05, 4.69) is 19.2 Å². The number of benzene rings is 1. The van der Waals surface area contributed by atoms with Crippen LogP contribution < -0.4 is 5.32 Å². The maximum absolute atomic E-state index is 9.77. The van der Waals surface area contributed by atoms with Crippen molar-refractivity contribution in [3.05, 3.63) is 35.9 Å². The SMILES string of the molecule is CC(C)CNC[C@H](O)CO[C@@H](C)c1ccccc1. The number of hydrogen-bond donors (Lipinski definition) is 2. The highest BCUT2D eigenvalue weighted by atomic mass is 16.5. The molecule has 18 heavy (non-hydrogen) atoms. The van der Waals surface area contributed by atoms with Crippen LogP contribution in [0.4, 0.5) is 0 Å². The van der Waals surface area contributed by atoms with Crippen molar-refractivity contribution < 1.29 is 9.84 Å². The van der Waals surface area contributed by atoms with E-state index in [1.54, 1.807) is 0 Å². The summed E-state index contributed by atoms with van der Waals surface area (Å²) < 4.78 is 5.66. The molecule has 0 spiro atoms. The summed E-state index contributed by atoms with van der Waals surface area (Å²) in [5.74, 6) is 0.598. The molecule has 0 saturated heterocycles. The monoisotopic (exact) mass is 251 g/mol. The molecule has 0 fully saturated rings. The molecule has 2 atom stereocenters. The Labute approximate surface area is 110 Å². The topological polar surface area (TPSA) is 41.5 Å². The molecule has 0 saturated carbocycles. The maximum Gasteiger partial charge on any atom is 0.0897 e. The standard InChI is InChI=1S/C15H25NO2/c1-12(2)9-16-10-15(17)11-18-13(3)14-7-5-4-6-8-14/h4-8,12-13,15-17H,9-11H2,1-3H3/t13-,15-/m0/s1. The number of nitrogens with one attached hydrogen (secondary N) is 1. The minimum absolute atomic E-state index is 0.0194. The Bertz CT molecular complexity index is 314. The van der Waals surface area contributed by atoms with Crippen LogP contribution in [0.1, 0.15) is 32.4 Å². The van der Waals surface area contributed by atoms with E-state index >= 15 is 0 Å². The summed E-state index contributed by atoms with van der Waals surface area (Å²) >= 11 is 0. The van der Waals surface area contributed by atoms with E-state index in [0.29, 0.717) is 19.1 Å². The first-order valence-corrected chi connectivity index (χ1v) is 6.65. The predicted octanol–water partition coefficient (Wildman–Crippen LogP) is 2.37. The Morgan fingerprint density at radius 1 is 1.11 bits per heavy atom. The highest BCUT2D eigenvalue weighted by Gasteiger charge is 2.09. The minimum Gasteiger partial charge on any atom is -0.389 e. The summed E-state index contributed by atoms with van der Waals surface area (Å²) in [7, 11) is 0. The zero-order valence-corrected chi connectivity index (χ0v) is 11.6. The van der Waals surface area contributed by atoms with Crippen LogP contribution in [0.15, 0.2) is 30.3 Å². The number of ether oxygens (including phenoxy) is 1. The second-order valence-electron chi connectivity index (χ2n) is 5.09. The first-order valence-electron chi connectivity index (χ1n) is 6.65. The van der Waals surface area contributed by atoms with E-state index in [1.807, 2.05) is 37.3 Å². The van der Waals surface area contributed by atoms with Gasteiger partial charge in [0.2, 0.25) is 0 Å². The summed E-state index contributed by atoms with van der Waals surface area (Å²) in [5.41, 5.74) is 1.14. The van der Waals surface area contributed by atoms with Crippen molar-refractivity contribution in [3.63, 3.8) is 0 Å². The van der Waals surface area contributed by atoms with Crippen molar-refractivity contribution >= 4 is 0 Å². The van der Waals surface area contributed by atoms with Crippen molar-refractivity contribution in [2.24, 2.45) is 5.92 Å². The van der Waals surface area contributed by atoms with Crippen LogP contribution in [0.5, 0.6) is 0 Å². The smallest absolute Gasteiger partial charge is 0.0897 e. The molecule has 0 bridgehead atoms. The molecule has 0 aliphatic carbocycles. The van der Waals surface area contributed by atoms with Crippen molar-refractivity contribution in [3.8, 4) is 0 Å². The highest BCUT2D eigenvalue weighted by Crippen LogP contribution is 2.15. The number of aliphatic hydroxyl groups is 1. The van der Waals surface area contributed by atoms with Gasteiger partial charge in [-0.05, 0) is 24.9 Å². The molecule has 1 aromatic rings. The van der Waals surface area contributed by atoms with Gasteiger partial charge in [-0.2, -0.15) is 0 Å². The summed E-state index contributed by atoms with van der Waals surface area (Å²) in [4.78, 5) is 0. The molecule has 0 aliphatic rings. The zero-order valence-electron chi connectivity index (χ0n) is 11.6. The van der Waals surface area contributed by atoms with Crippen molar-refractivity contribution in [2.75, 3.05) is 19.7 Å². The van der Waals surface area contributed by atoms with Crippen LogP contribution in [0.25, 0.3) is 0 Å². The molecule has 0 unspecified atom stereocenters. The molecule has 1 rings (SSSR count). The number of rotatable bonds is 8. The molecule has 0 aliphatic heterocycles. The molecular weight excluding hydrogens is 226 g/mol. The quantitative estimate of drug-likeness (QED) is 0.745. The highest BCUT2D eigenvalue weighted by molar-refractivity contribution is 5.16. The van der Waals surface area contributed by atoms with E-state index in [-0.39, 0.29) is 6.10 Å². The fourth-order valence-corrected chi connectivity index (χ4v) is 1.67. The number of aliphatic hydroxyl groups excluding tert-OH is 1. The molecule has 2 N–H and O–H groups in total. The van der Waals surface area contributed by atoms with Gasteiger partial charge in [-0.15, -0.1) is 0 Å². The third-order valence-corrected chi connectivity index (χ3v) is 2.74. The van der Waals surface area contributed by atoms with Gasteiger partial charge < -0.3 is 15.2 Å². The van der Waals surface area contributed by atoms with E-state index in [9.17, 15) is 5.11 Å². The minimum atomic E-state index is -0.449. The molecule has 0 radical (unpaired) electrons. The third-order valence-electron chi connectivity index (χ3n) is 2.74. The van der Waals surface area contributed by atoms with Crippen molar-refractivity contribution in [2.45, 2.75) is 33.0 Å². The lowest BCUT2D eigenvalue weighted by Gasteiger charge is -2.17. The largest absolute Gasteiger partial charge is 0.389 e. The Kier molecular flexibility index (Phi) is 6.94. The fourth-order valence-electron chi connectivity index (χ4n) is 1.67. The third kappa shape index (κ3) is 6.15. The normalized spacial score (nSPS) is 14.7. The molecule has 102 valence electrons. The van der Waals surface area contributed by atoms with Crippen LogP contribution >= 0.6 is 0 Å². The lowest BCUT2D eigenvalue weighted by molar-refractivity contribution is -0.00215. The molecular formula is C15H25NO2. The molecule has 0 amide bonds. The molecule has 0 heterocycles. The van der Waals surface area contributed by atoms with Gasteiger partial charge in [0, 0.05) is 6.54 Å². The first kappa shape index (κ1) is 15.2. The van der Waals surface area contributed by atoms with E-state index in [1.165, 1.54) is 0 Å². The maximum atomic E-state index is 9.77. The Morgan fingerprint density at radius 2 is 1.78 bits per heavy atom. The fraction of sp³-hybridized carbons (Fsp3) is 0.600. The van der Waals surface area contributed by atoms with Crippen LogP contribution in [0, 0.1) is 5.92 Å². The predicted molar refractivity (Wildman–Crippen MR) is 74.5 cm³/mol. The summed E-state index contributed by atoms with van der Waals surface area (Å²) in [6.45, 7) is 8.16. The van der Waals surface area contributed by atoms with Crippen molar-refractivity contribution in [1.82, 2.24) is 5.32 Å². The molecule has 3 nitrogen and oxygen atoms in total. The van der Waals surface area contributed by atoms with E-state index in [4.69, 9.17) is 4.74 Å². The van der Waals surface area contributed by atoms with Crippen molar-refractivity contribution in [1.29, 1.82) is 0 Å². The lowest BCUT2D eigenvalue weighted by atomic mass is 10.1. The Hall–Kier alpha value is -0.900. The van der Waals surface area contributed by atoms with E-state index in [0.717, 1.165) is 12.1 Å². The Morgan fingerprint density at radius 3 is 2.39 bits per heavy atom. The van der Waals surface area contributed by atoms with Crippen LogP contribution in [-0.2, 0) is 4.74 Å². The second-order valence-corrected chi connectivity index (χ2v) is 5.09. The van der Waals surface area contributed by atoms with Crippen LogP contribution in [-0.4, -0.2) is 30.9 Å². The van der Waals surface area contributed by atoms with Crippen LogP contribution in [0.3, 0.4) is 0 Å². The van der Waals surface area contributed by atoms with Gasteiger partial charge in [0.15, 0.2) is 0 Å². The average Bonchev–Trinajstić information content (AvgIpc) is 2.36. The Balaban J connectivity index is 2.20. The van der Waals surface area contributed by atoms with Gasteiger partial charge >= 0.3 is 0 Å². The van der Waals surface area contributed by atoms with Crippen LogP contribution in [0.2, 0.25) is 0 Å². The zero-order chi connectivity index (χ0) is 13.4. The van der Waals surface area contributed by atoms with Gasteiger partial charge in [-0.25, -0.2) is 0 Å². The first-order chi connectivity index (χ1) is 8.59. The molecule has 0 aromatic heterocycles. The average molecular weight is 251 g/mol. The lowest BCUT2D eigenvalue weighted by Crippen LogP contribution is -2.32. The van der Waals surface area contributed by atoms with Gasteiger partial charge in [0.05, 0.1) is 18.8 Å². The van der Waals surface area contributed by atoms with Gasteiger partial charge in [0.1, 0.15) is 0 Å². The van der Waals surface area contributed by atoms with E-state index < -0.39 is 6.10 Å². The van der Waals surface area contributed by atoms with Gasteiger partial charge in [-0.3, -0.25) is 0 Å². The summed E-state index contributed by atoms with van der Waals surface area (Å²) in [6.07, 6.45) is -0.430. The number of hydrogen-bond acceptors (Lipinski definition) is 3. The van der Waals surface area contributed by atoms with Gasteiger partial charge in [-0.1, -0.05) is 44.2 Å². The molecule has 1 aromatic carbocycles. The summed E-state index contributed by atoms with van der Waals surface area (Å²) in [5, 5.41) is 13.0. The summed E-state index contributed by atoms with van der Waals surface area (Å²) in [6, 6.07) is 10.1. The second kappa shape index (κ2) is 8.25. The van der Waals surface area contributed by atoms with Gasteiger partial charge in [0.25, 0.3) is 0 Å².